The number of nitrogens with one attached hydrogen (secondary N) is 1. The van der Waals surface area contributed by atoms with Gasteiger partial charge in [-0.15, -0.1) is 0 Å². The monoisotopic (exact) mass is 905 g/mol. The molecule has 0 aliphatic carbocycles. The largest absolute Gasteiger partial charge is 0.488 e. The number of rotatable bonds is 8. The molecule has 3 aromatic carbocycles. The van der Waals surface area contributed by atoms with Crippen molar-refractivity contribution in [3.63, 3.8) is 0 Å². The van der Waals surface area contributed by atoms with Crippen LogP contribution < -0.4 is 42.3 Å². The molecule has 3 fully saturated rings. The zero-order valence-corrected chi connectivity index (χ0v) is 36.2. The maximum Gasteiger partial charge on any atom is 0.488 e. The number of aromatic nitrogens is 2. The summed E-state index contributed by atoms with van der Waals surface area (Å²) in [5, 5.41) is 41.5. The van der Waals surface area contributed by atoms with E-state index in [1.807, 2.05) is 48.5 Å². The molecule has 9 rings (SSSR count). The number of hydrogen-bond donors (Lipinski definition) is 4. The summed E-state index contributed by atoms with van der Waals surface area (Å²) in [7, 11) is -1.39. The van der Waals surface area contributed by atoms with Crippen LogP contribution in [-0.4, -0.2) is 122 Å². The minimum Gasteiger partial charge on any atom is -0.423 e. The van der Waals surface area contributed by atoms with Crippen molar-refractivity contribution in [2.24, 2.45) is 0 Å². The Morgan fingerprint density at radius 1 is 0.576 bits per heavy atom. The van der Waals surface area contributed by atoms with Crippen LogP contribution in [0.3, 0.4) is 0 Å². The van der Waals surface area contributed by atoms with E-state index in [9.17, 15) is 29.8 Å². The van der Waals surface area contributed by atoms with Crippen LogP contribution in [0.2, 0.25) is 0 Å². The highest BCUT2D eigenvalue weighted by molar-refractivity contribution is 6.58. The van der Waals surface area contributed by atoms with E-state index in [0.29, 0.717) is 30.9 Å². The van der Waals surface area contributed by atoms with Crippen molar-refractivity contribution in [2.75, 3.05) is 106 Å². The lowest BCUT2D eigenvalue weighted by Gasteiger charge is -2.28. The Bertz CT molecular complexity index is 2530. The number of pyridine rings is 2. The van der Waals surface area contributed by atoms with Crippen LogP contribution in [0, 0.1) is 20.2 Å². The number of ether oxygens (including phenoxy) is 3. The van der Waals surface area contributed by atoms with E-state index < -0.39 is 28.2 Å². The quantitative estimate of drug-likeness (QED) is 0.0992. The van der Waals surface area contributed by atoms with Gasteiger partial charge < -0.3 is 50.0 Å². The van der Waals surface area contributed by atoms with Crippen molar-refractivity contribution >= 4 is 41.0 Å². The van der Waals surface area contributed by atoms with Crippen molar-refractivity contribution in [2.45, 2.75) is 0 Å². The standard InChI is InChI=1S/C15H15N3O4.C15H17N3O2.C10H14BNO3.C5H6N2O2/c19-15-14(18(20)21)2-1-7-17(15)13-5-3-12(4-6-13)16-8-10-22-11-9-16;16-14-2-1-7-18(15(14)19)13-5-3-12(4-6-13)17-8-10-20-11-9-17;13-11(14)9-1-3-10(4-2-9)12-5-7-15-8-6-12;8-7(9)5-2-1-3-6-4-5/h1-7H,8-11H2;1-7H,8-11,16H2;1-4,13-14H,5-8H2;1-3,6H,4H2. The molecule has 3 saturated heterocycles. The molecule has 20 nitrogen and oxygen atoms in total. The van der Waals surface area contributed by atoms with Crippen LogP contribution in [0.1, 0.15) is 0 Å². The summed E-state index contributed by atoms with van der Waals surface area (Å²) in [5.41, 5.74) is 10.1. The summed E-state index contributed by atoms with van der Waals surface area (Å²) >= 11 is 0. The normalized spacial score (nSPS) is 15.5. The molecule has 0 atom stereocenters. The van der Waals surface area contributed by atoms with Gasteiger partial charge in [0.05, 0.1) is 55.2 Å². The van der Waals surface area contributed by atoms with Gasteiger partial charge in [-0.25, -0.2) is 0 Å². The molecule has 346 valence electrons. The fraction of sp³-hybridized carbons (Fsp3) is 0.289. The minimum atomic E-state index is -1.39. The van der Waals surface area contributed by atoms with E-state index in [0.717, 1.165) is 88.4 Å². The second-order valence-electron chi connectivity index (χ2n) is 14.9. The van der Waals surface area contributed by atoms with Crippen LogP contribution >= 0.6 is 0 Å². The van der Waals surface area contributed by atoms with E-state index >= 15 is 0 Å². The second kappa shape index (κ2) is 24.1. The first kappa shape index (κ1) is 48.2. The lowest BCUT2D eigenvalue weighted by molar-refractivity contribution is -0.426. The highest BCUT2D eigenvalue weighted by Gasteiger charge is 2.17. The van der Waals surface area contributed by atoms with Gasteiger partial charge in [-0.05, 0) is 96.6 Å². The average molecular weight is 906 g/mol. The van der Waals surface area contributed by atoms with Crippen molar-refractivity contribution in [3.8, 4) is 11.4 Å². The summed E-state index contributed by atoms with van der Waals surface area (Å²) in [6.45, 7) is 9.99. The topological polar surface area (TPSA) is 246 Å². The number of nitrogen functional groups attached to an aromatic ring is 1. The third kappa shape index (κ3) is 13.4. The first-order valence-corrected chi connectivity index (χ1v) is 21.2. The predicted molar refractivity (Wildman–Crippen MR) is 253 cm³/mol. The fourth-order valence-corrected chi connectivity index (χ4v) is 7.08. The number of nitro groups is 2. The van der Waals surface area contributed by atoms with Crippen LogP contribution in [0.4, 0.5) is 28.4 Å². The molecule has 0 saturated carbocycles. The molecule has 0 radical (unpaired) electrons. The van der Waals surface area contributed by atoms with Gasteiger partial charge in [0.15, 0.2) is 0 Å². The van der Waals surface area contributed by atoms with E-state index in [1.165, 1.54) is 29.0 Å². The van der Waals surface area contributed by atoms with Crippen molar-refractivity contribution in [1.82, 2.24) is 14.5 Å². The first-order chi connectivity index (χ1) is 32.0. The van der Waals surface area contributed by atoms with E-state index in [1.54, 1.807) is 59.4 Å². The lowest BCUT2D eigenvalue weighted by Crippen LogP contribution is -2.36. The Labute approximate surface area is 380 Å². The Balaban J connectivity index is 0.000000152. The van der Waals surface area contributed by atoms with Gasteiger partial charge in [0.1, 0.15) is 6.54 Å². The van der Waals surface area contributed by atoms with Gasteiger partial charge in [0.2, 0.25) is 0 Å². The molecular formula is C45H52BN9O11. The molecule has 5 N–H and O–H groups in total. The number of nitrogens with two attached hydrogens (primary N) is 1. The number of hydrogen-bond acceptors (Lipinski definition) is 16. The zero-order valence-electron chi connectivity index (χ0n) is 36.2. The molecule has 5 aromatic rings. The zero-order chi connectivity index (χ0) is 46.8. The van der Waals surface area contributed by atoms with Gasteiger partial charge in [0, 0.05) is 92.2 Å². The van der Waals surface area contributed by atoms with E-state index in [-0.39, 0.29) is 16.9 Å². The molecule has 66 heavy (non-hydrogen) atoms. The van der Waals surface area contributed by atoms with E-state index in [2.05, 4.69) is 20.0 Å². The summed E-state index contributed by atoms with van der Waals surface area (Å²) in [6, 6.07) is 28.7. The second-order valence-corrected chi connectivity index (χ2v) is 14.9. The molecule has 2 aromatic heterocycles. The highest BCUT2D eigenvalue weighted by atomic mass is 16.6. The summed E-state index contributed by atoms with van der Waals surface area (Å²) in [4.78, 5) is 50.5. The van der Waals surface area contributed by atoms with Crippen molar-refractivity contribution < 1.29 is 34.1 Å². The van der Waals surface area contributed by atoms with Gasteiger partial charge >= 0.3 is 18.4 Å². The summed E-state index contributed by atoms with van der Waals surface area (Å²) < 4.78 is 18.8. The molecule has 4 aliphatic rings. The molecule has 0 spiro atoms. The lowest BCUT2D eigenvalue weighted by atomic mass is 9.80. The van der Waals surface area contributed by atoms with Gasteiger partial charge in [0.25, 0.3) is 11.3 Å². The van der Waals surface area contributed by atoms with E-state index in [4.69, 9.17) is 30.0 Å². The average Bonchev–Trinajstić information content (AvgIpc) is 3.37. The Kier molecular flexibility index (Phi) is 17.6. The number of morpholine rings is 3. The first-order valence-electron chi connectivity index (χ1n) is 21.2. The third-order valence-electron chi connectivity index (χ3n) is 10.7. The number of allylic oxidation sites excluding steroid dienone is 2. The van der Waals surface area contributed by atoms with Crippen LogP contribution in [0.15, 0.2) is 143 Å². The molecule has 21 heteroatoms. The summed E-state index contributed by atoms with van der Waals surface area (Å²) in [6.07, 6.45) is 8.02. The van der Waals surface area contributed by atoms with Gasteiger partial charge in [-0.3, -0.25) is 39.0 Å². The molecule has 0 bridgehead atoms. The third-order valence-corrected chi connectivity index (χ3v) is 10.7. The molecule has 0 amide bonds. The number of nitrogens with zero attached hydrogens (tertiary/aromatic N) is 7. The SMILES string of the molecule is Nc1cccn(-c2ccc(N3CCOCC3)cc2)c1=O.O=[N+]([O-])C1=CC=CNC1.O=c1c([N+](=O)[O-])cccn1-c1ccc(N2CCOCC2)cc1.OB(O)c1ccc(N2CCOCC2)cc1. The Hall–Kier alpha value is -7.30. The number of dihydropyridines is 1. The van der Waals surface area contributed by atoms with Crippen LogP contribution in [0.25, 0.3) is 11.4 Å². The molecule has 6 heterocycles. The van der Waals surface area contributed by atoms with Crippen LogP contribution in [0.5, 0.6) is 0 Å². The fourth-order valence-electron chi connectivity index (χ4n) is 7.08. The van der Waals surface area contributed by atoms with Crippen molar-refractivity contribution in [1.29, 1.82) is 0 Å². The maximum atomic E-state index is 12.1. The Morgan fingerprint density at radius 2 is 0.985 bits per heavy atom. The number of benzene rings is 3. The molecule has 0 unspecified atom stereocenters. The van der Waals surface area contributed by atoms with Gasteiger partial charge in [-0.1, -0.05) is 12.1 Å². The molecule has 4 aliphatic heterocycles. The smallest absolute Gasteiger partial charge is 0.423 e. The Morgan fingerprint density at radius 3 is 1.36 bits per heavy atom. The van der Waals surface area contributed by atoms with Crippen molar-refractivity contribution in [3.05, 3.63) is 174 Å². The van der Waals surface area contributed by atoms with Gasteiger partial charge in [-0.2, -0.15) is 0 Å². The summed E-state index contributed by atoms with van der Waals surface area (Å²) in [5.74, 6) is 0. The molecular weight excluding hydrogens is 853 g/mol. The predicted octanol–water partition coefficient (Wildman–Crippen LogP) is 2.31. The number of anilines is 4. The van der Waals surface area contributed by atoms with Crippen LogP contribution in [-0.2, 0) is 14.2 Å². The minimum absolute atomic E-state index is 0.188. The maximum absolute atomic E-state index is 12.1. The highest BCUT2D eigenvalue weighted by Crippen LogP contribution is 2.20.